The summed E-state index contributed by atoms with van der Waals surface area (Å²) in [4.78, 5) is 33.3. The Morgan fingerprint density at radius 3 is 2.65 bits per heavy atom. The highest BCUT2D eigenvalue weighted by atomic mass is 16.5. The van der Waals surface area contributed by atoms with Crippen molar-refractivity contribution in [1.29, 1.82) is 0 Å². The first kappa shape index (κ1) is 13.9. The van der Waals surface area contributed by atoms with Crippen molar-refractivity contribution in [1.82, 2.24) is 10.6 Å². The number of amides is 2. The number of rotatable bonds is 5. The normalized spacial score (nSPS) is 15.9. The minimum atomic E-state index is -1.14. The summed E-state index contributed by atoms with van der Waals surface area (Å²) in [6.45, 7) is -0.748. The van der Waals surface area contributed by atoms with E-state index < -0.39 is 30.4 Å². The van der Waals surface area contributed by atoms with Crippen LogP contribution in [-0.4, -0.2) is 42.1 Å². The Hall–Kier alpha value is -2.57. The van der Waals surface area contributed by atoms with E-state index in [2.05, 4.69) is 10.6 Å². The number of nitrogens with one attached hydrogen (secondary N) is 2. The molecule has 1 heterocycles. The third-order valence-electron chi connectivity index (χ3n) is 2.80. The second kappa shape index (κ2) is 6.05. The molecule has 20 heavy (non-hydrogen) atoms. The van der Waals surface area contributed by atoms with Crippen molar-refractivity contribution >= 4 is 17.8 Å². The van der Waals surface area contributed by atoms with Gasteiger partial charge < -0.3 is 20.5 Å². The molecule has 0 aromatic heterocycles. The standard InChI is InChI=1S/C13H14N2O5/c16-11(14-7-12(17)18)6-15-13(19)10-5-8-3-1-2-4-9(8)20-10/h1-4,10H,5-7H2,(H,14,16)(H,15,19)(H,17,18). The van der Waals surface area contributed by atoms with E-state index in [1.807, 2.05) is 18.2 Å². The Balaban J connectivity index is 1.77. The van der Waals surface area contributed by atoms with E-state index >= 15 is 0 Å². The maximum Gasteiger partial charge on any atom is 0.322 e. The lowest BCUT2D eigenvalue weighted by Crippen LogP contribution is -2.43. The highest BCUT2D eigenvalue weighted by molar-refractivity contribution is 5.88. The van der Waals surface area contributed by atoms with Gasteiger partial charge in [-0.15, -0.1) is 0 Å². The number of para-hydroxylation sites is 1. The van der Waals surface area contributed by atoms with Crippen LogP contribution in [0, 0.1) is 0 Å². The number of hydrogen-bond donors (Lipinski definition) is 3. The van der Waals surface area contributed by atoms with Crippen molar-refractivity contribution in [3.8, 4) is 5.75 Å². The molecule has 106 valence electrons. The maximum absolute atomic E-state index is 11.8. The van der Waals surface area contributed by atoms with Gasteiger partial charge in [0.1, 0.15) is 12.3 Å². The summed E-state index contributed by atoms with van der Waals surface area (Å²) >= 11 is 0. The van der Waals surface area contributed by atoms with Gasteiger partial charge in [0.15, 0.2) is 6.10 Å². The maximum atomic E-state index is 11.8. The molecule has 1 atom stereocenters. The molecule has 2 amide bonds. The fraction of sp³-hybridized carbons (Fsp3) is 0.308. The van der Waals surface area contributed by atoms with Crippen LogP contribution >= 0.6 is 0 Å². The van der Waals surface area contributed by atoms with Gasteiger partial charge in [-0.25, -0.2) is 0 Å². The van der Waals surface area contributed by atoms with Crippen molar-refractivity contribution in [2.75, 3.05) is 13.1 Å². The van der Waals surface area contributed by atoms with E-state index in [0.29, 0.717) is 12.2 Å². The summed E-state index contributed by atoms with van der Waals surface area (Å²) in [7, 11) is 0. The molecule has 7 heteroatoms. The van der Waals surface area contributed by atoms with Gasteiger partial charge in [0.25, 0.3) is 5.91 Å². The number of carbonyl (C=O) groups is 3. The zero-order valence-corrected chi connectivity index (χ0v) is 10.6. The van der Waals surface area contributed by atoms with Crippen molar-refractivity contribution in [3.05, 3.63) is 29.8 Å². The first-order valence-electron chi connectivity index (χ1n) is 6.07. The van der Waals surface area contributed by atoms with E-state index in [1.165, 1.54) is 0 Å². The van der Waals surface area contributed by atoms with Crippen LogP contribution in [0.25, 0.3) is 0 Å². The smallest absolute Gasteiger partial charge is 0.322 e. The van der Waals surface area contributed by atoms with Crippen LogP contribution in [0.2, 0.25) is 0 Å². The Labute approximate surface area is 114 Å². The van der Waals surface area contributed by atoms with Crippen LogP contribution in [0.15, 0.2) is 24.3 Å². The van der Waals surface area contributed by atoms with Gasteiger partial charge in [-0.2, -0.15) is 0 Å². The van der Waals surface area contributed by atoms with E-state index in [4.69, 9.17) is 9.84 Å². The van der Waals surface area contributed by atoms with E-state index in [1.54, 1.807) is 6.07 Å². The predicted molar refractivity (Wildman–Crippen MR) is 68.2 cm³/mol. The molecule has 7 nitrogen and oxygen atoms in total. The molecule has 1 aliphatic heterocycles. The van der Waals surface area contributed by atoms with Crippen LogP contribution in [0.4, 0.5) is 0 Å². The number of fused-ring (bicyclic) bond motifs is 1. The molecule has 0 aliphatic carbocycles. The lowest BCUT2D eigenvalue weighted by atomic mass is 10.1. The molecule has 1 aromatic rings. The summed E-state index contributed by atoms with van der Waals surface area (Å²) in [5.41, 5.74) is 0.947. The Kier molecular flexibility index (Phi) is 4.19. The summed E-state index contributed by atoms with van der Waals surface area (Å²) in [5.74, 6) is -1.43. The molecular weight excluding hydrogens is 264 g/mol. The number of carboxylic acid groups (broad SMARTS) is 1. The van der Waals surface area contributed by atoms with Crippen LogP contribution in [0.3, 0.4) is 0 Å². The number of aliphatic carboxylic acids is 1. The highest BCUT2D eigenvalue weighted by Gasteiger charge is 2.28. The summed E-state index contributed by atoms with van der Waals surface area (Å²) in [6, 6.07) is 7.34. The lowest BCUT2D eigenvalue weighted by molar-refractivity contribution is -0.137. The van der Waals surface area contributed by atoms with Gasteiger partial charge in [0.2, 0.25) is 5.91 Å². The average Bonchev–Trinajstić information content (AvgIpc) is 2.86. The van der Waals surface area contributed by atoms with Crippen molar-refractivity contribution in [3.63, 3.8) is 0 Å². The summed E-state index contributed by atoms with van der Waals surface area (Å²) < 4.78 is 5.46. The first-order chi connectivity index (χ1) is 9.56. The number of carboxylic acids is 1. The van der Waals surface area contributed by atoms with Crippen molar-refractivity contribution in [2.24, 2.45) is 0 Å². The molecule has 1 aliphatic rings. The topological polar surface area (TPSA) is 105 Å². The van der Waals surface area contributed by atoms with Gasteiger partial charge in [0.05, 0.1) is 6.54 Å². The van der Waals surface area contributed by atoms with Gasteiger partial charge in [0, 0.05) is 6.42 Å². The zero-order valence-electron chi connectivity index (χ0n) is 10.6. The Bertz CT molecular complexity index is 518. The number of hydrogen-bond acceptors (Lipinski definition) is 4. The highest BCUT2D eigenvalue weighted by Crippen LogP contribution is 2.27. The van der Waals surface area contributed by atoms with Crippen LogP contribution in [0.5, 0.6) is 5.75 Å². The lowest BCUT2D eigenvalue weighted by Gasteiger charge is -2.11. The van der Waals surface area contributed by atoms with Crippen molar-refractivity contribution < 1.29 is 24.2 Å². The summed E-state index contributed by atoms with van der Waals surface area (Å²) in [5, 5.41) is 13.0. The van der Waals surface area contributed by atoms with Crippen molar-refractivity contribution in [2.45, 2.75) is 12.5 Å². The first-order valence-corrected chi connectivity index (χ1v) is 6.07. The molecule has 1 unspecified atom stereocenters. The fourth-order valence-electron chi connectivity index (χ4n) is 1.85. The van der Waals surface area contributed by atoms with E-state index in [9.17, 15) is 14.4 Å². The molecule has 1 aromatic carbocycles. The Morgan fingerprint density at radius 2 is 1.95 bits per heavy atom. The van der Waals surface area contributed by atoms with Gasteiger partial charge >= 0.3 is 5.97 Å². The largest absolute Gasteiger partial charge is 0.480 e. The molecule has 0 spiro atoms. The minimum absolute atomic E-state index is 0.275. The summed E-state index contributed by atoms with van der Waals surface area (Å²) in [6.07, 6.45) is -0.196. The van der Waals surface area contributed by atoms with E-state index in [0.717, 1.165) is 5.56 Å². The van der Waals surface area contributed by atoms with Gasteiger partial charge in [-0.1, -0.05) is 18.2 Å². The molecule has 0 fully saturated rings. The monoisotopic (exact) mass is 278 g/mol. The zero-order chi connectivity index (χ0) is 14.5. The molecule has 2 rings (SSSR count). The number of benzene rings is 1. The molecule has 0 radical (unpaired) electrons. The molecule has 0 saturated heterocycles. The predicted octanol–water partition coefficient (Wildman–Crippen LogP) is -0.693. The van der Waals surface area contributed by atoms with Crippen LogP contribution < -0.4 is 15.4 Å². The van der Waals surface area contributed by atoms with Crippen LogP contribution in [-0.2, 0) is 20.8 Å². The quantitative estimate of drug-likeness (QED) is 0.661. The SMILES string of the molecule is O=C(O)CNC(=O)CNC(=O)C1Cc2ccccc2O1. The fourth-order valence-corrected chi connectivity index (χ4v) is 1.85. The van der Waals surface area contributed by atoms with Crippen LogP contribution in [0.1, 0.15) is 5.56 Å². The average molecular weight is 278 g/mol. The second-order valence-corrected chi connectivity index (χ2v) is 4.31. The molecule has 3 N–H and O–H groups in total. The number of ether oxygens (including phenoxy) is 1. The second-order valence-electron chi connectivity index (χ2n) is 4.31. The minimum Gasteiger partial charge on any atom is -0.480 e. The number of carbonyl (C=O) groups excluding carboxylic acids is 2. The Morgan fingerprint density at radius 1 is 1.20 bits per heavy atom. The molecular formula is C13H14N2O5. The molecule has 0 bridgehead atoms. The van der Waals surface area contributed by atoms with Gasteiger partial charge in [-0.05, 0) is 11.6 Å². The third kappa shape index (κ3) is 3.47. The van der Waals surface area contributed by atoms with E-state index in [-0.39, 0.29) is 6.54 Å². The molecule has 0 saturated carbocycles. The third-order valence-corrected chi connectivity index (χ3v) is 2.80. The van der Waals surface area contributed by atoms with Gasteiger partial charge in [-0.3, -0.25) is 14.4 Å².